The van der Waals surface area contributed by atoms with E-state index in [1.165, 1.54) is 6.07 Å². The van der Waals surface area contributed by atoms with E-state index in [1.54, 1.807) is 18.2 Å². The Kier molecular flexibility index (Phi) is 4.88. The van der Waals surface area contributed by atoms with Crippen molar-refractivity contribution in [2.24, 2.45) is 0 Å². The summed E-state index contributed by atoms with van der Waals surface area (Å²) in [6.45, 7) is 0.985. The van der Waals surface area contributed by atoms with Crippen LogP contribution in [0.15, 0.2) is 42.5 Å². The van der Waals surface area contributed by atoms with E-state index < -0.39 is 18.4 Å². The molecule has 0 unspecified atom stereocenters. The predicted octanol–water partition coefficient (Wildman–Crippen LogP) is 2.07. The number of carbonyl (C=O) groups is 3. The van der Waals surface area contributed by atoms with Crippen LogP contribution >= 0.6 is 0 Å². The number of carbonyl (C=O) groups excluding carboxylic acids is 2. The number of aliphatic carboxylic acids is 1. The molecule has 7 heteroatoms. The minimum atomic E-state index is -1.15. The average Bonchev–Trinajstić information content (AvgIpc) is 2.62. The van der Waals surface area contributed by atoms with E-state index in [9.17, 15) is 14.4 Å². The zero-order valence-corrected chi connectivity index (χ0v) is 14.1. The lowest BCUT2D eigenvalue weighted by atomic mass is 10.1. The molecule has 3 rings (SSSR count). The summed E-state index contributed by atoms with van der Waals surface area (Å²) in [4.78, 5) is 36.5. The molecule has 0 radical (unpaired) electrons. The maximum Gasteiger partial charge on any atom is 0.323 e. The molecule has 1 heterocycles. The number of rotatable bonds is 6. The van der Waals surface area contributed by atoms with Crippen LogP contribution in [0.4, 0.5) is 5.69 Å². The SMILES string of the molecule is Cc1ccccc1OCC(=O)c1ccc2c(c1)N(CC(=O)O)C(=O)CO2. The van der Waals surface area contributed by atoms with Crippen LogP contribution in [0, 0.1) is 6.92 Å². The number of para-hydroxylation sites is 1. The number of hydrogen-bond acceptors (Lipinski definition) is 5. The number of amides is 1. The number of nitrogens with zero attached hydrogens (tertiary/aromatic N) is 1. The Labute approximate surface area is 149 Å². The van der Waals surface area contributed by atoms with Gasteiger partial charge in [-0.1, -0.05) is 18.2 Å². The second-order valence-electron chi connectivity index (χ2n) is 5.82. The van der Waals surface area contributed by atoms with Crippen LogP contribution in [0.25, 0.3) is 0 Å². The maximum atomic E-state index is 12.4. The zero-order chi connectivity index (χ0) is 18.7. The molecule has 1 N–H and O–H groups in total. The molecular weight excluding hydrogens is 338 g/mol. The largest absolute Gasteiger partial charge is 0.485 e. The number of ether oxygens (including phenoxy) is 2. The number of ketones is 1. The quantitative estimate of drug-likeness (QED) is 0.798. The van der Waals surface area contributed by atoms with E-state index in [1.807, 2.05) is 25.1 Å². The van der Waals surface area contributed by atoms with Crippen LogP contribution in [-0.4, -0.2) is 42.5 Å². The highest BCUT2D eigenvalue weighted by Crippen LogP contribution is 2.33. The normalized spacial score (nSPS) is 13.0. The summed E-state index contributed by atoms with van der Waals surface area (Å²) < 4.78 is 10.9. The van der Waals surface area contributed by atoms with Gasteiger partial charge in [0.05, 0.1) is 5.69 Å². The summed E-state index contributed by atoms with van der Waals surface area (Å²) in [5.41, 5.74) is 1.49. The van der Waals surface area contributed by atoms with E-state index in [0.29, 0.717) is 17.1 Å². The lowest BCUT2D eigenvalue weighted by Crippen LogP contribution is -2.42. The molecule has 0 fully saturated rings. The van der Waals surface area contributed by atoms with Gasteiger partial charge in [0.15, 0.2) is 19.0 Å². The smallest absolute Gasteiger partial charge is 0.323 e. The van der Waals surface area contributed by atoms with Gasteiger partial charge in [0.1, 0.15) is 18.0 Å². The maximum absolute atomic E-state index is 12.4. The van der Waals surface area contributed by atoms with Crippen molar-refractivity contribution >= 4 is 23.3 Å². The highest BCUT2D eigenvalue weighted by Gasteiger charge is 2.28. The fourth-order valence-electron chi connectivity index (χ4n) is 2.63. The van der Waals surface area contributed by atoms with Gasteiger partial charge in [0.25, 0.3) is 5.91 Å². The van der Waals surface area contributed by atoms with Crippen LogP contribution in [0.5, 0.6) is 11.5 Å². The monoisotopic (exact) mass is 355 g/mol. The number of carboxylic acids is 1. The van der Waals surface area contributed by atoms with E-state index in [2.05, 4.69) is 0 Å². The predicted molar refractivity (Wildman–Crippen MR) is 92.9 cm³/mol. The van der Waals surface area contributed by atoms with Crippen molar-refractivity contribution < 1.29 is 29.0 Å². The van der Waals surface area contributed by atoms with Gasteiger partial charge in [0.2, 0.25) is 0 Å². The molecule has 1 amide bonds. The van der Waals surface area contributed by atoms with E-state index in [-0.39, 0.29) is 24.7 Å². The van der Waals surface area contributed by atoms with Crippen molar-refractivity contribution in [1.82, 2.24) is 0 Å². The summed E-state index contributed by atoms with van der Waals surface area (Å²) >= 11 is 0. The van der Waals surface area contributed by atoms with Gasteiger partial charge in [0, 0.05) is 5.56 Å². The Morgan fingerprint density at radius 3 is 2.73 bits per heavy atom. The molecule has 0 bridgehead atoms. The molecule has 2 aromatic carbocycles. The molecule has 0 saturated carbocycles. The van der Waals surface area contributed by atoms with Gasteiger partial charge in [-0.3, -0.25) is 19.3 Å². The van der Waals surface area contributed by atoms with Gasteiger partial charge >= 0.3 is 5.97 Å². The Bertz CT molecular complexity index is 876. The summed E-state index contributed by atoms with van der Waals surface area (Å²) in [5, 5.41) is 9.00. The van der Waals surface area contributed by atoms with Crippen molar-refractivity contribution in [3.05, 3.63) is 53.6 Å². The molecule has 7 nitrogen and oxygen atoms in total. The minimum Gasteiger partial charge on any atom is -0.485 e. The van der Waals surface area contributed by atoms with Gasteiger partial charge in [-0.2, -0.15) is 0 Å². The Hall–Kier alpha value is -3.35. The molecule has 0 atom stereocenters. The summed E-state index contributed by atoms with van der Waals surface area (Å²) in [5.74, 6) is -0.928. The number of anilines is 1. The lowest BCUT2D eigenvalue weighted by molar-refractivity contribution is -0.137. The van der Waals surface area contributed by atoms with E-state index >= 15 is 0 Å². The summed E-state index contributed by atoms with van der Waals surface area (Å²) in [7, 11) is 0. The van der Waals surface area contributed by atoms with Crippen molar-refractivity contribution in [1.29, 1.82) is 0 Å². The standard InChI is InChI=1S/C19H17NO6/c1-12-4-2-3-5-16(12)25-10-15(21)13-6-7-17-14(8-13)20(9-19(23)24)18(22)11-26-17/h2-8H,9-11H2,1H3,(H,23,24). The zero-order valence-electron chi connectivity index (χ0n) is 14.1. The average molecular weight is 355 g/mol. The first-order chi connectivity index (χ1) is 12.5. The number of carboxylic acid groups (broad SMARTS) is 1. The van der Waals surface area contributed by atoms with Gasteiger partial charge < -0.3 is 14.6 Å². The highest BCUT2D eigenvalue weighted by atomic mass is 16.5. The topological polar surface area (TPSA) is 93.1 Å². The van der Waals surface area contributed by atoms with Crippen LogP contribution in [0.1, 0.15) is 15.9 Å². The highest BCUT2D eigenvalue weighted by molar-refractivity contribution is 6.04. The Balaban J connectivity index is 1.80. The molecule has 0 aliphatic carbocycles. The molecular formula is C19H17NO6. The van der Waals surface area contributed by atoms with E-state index in [4.69, 9.17) is 14.6 Å². The second-order valence-corrected chi connectivity index (χ2v) is 5.82. The minimum absolute atomic E-state index is 0.169. The lowest BCUT2D eigenvalue weighted by Gasteiger charge is -2.28. The van der Waals surface area contributed by atoms with Crippen molar-refractivity contribution in [3.8, 4) is 11.5 Å². The number of hydrogen-bond donors (Lipinski definition) is 1. The molecule has 26 heavy (non-hydrogen) atoms. The van der Waals surface area contributed by atoms with Crippen LogP contribution in [0.3, 0.4) is 0 Å². The first kappa shape index (κ1) is 17.5. The van der Waals surface area contributed by atoms with Crippen LogP contribution in [-0.2, 0) is 9.59 Å². The first-order valence-corrected chi connectivity index (χ1v) is 7.96. The number of benzene rings is 2. The van der Waals surface area contributed by atoms with Gasteiger partial charge in [-0.15, -0.1) is 0 Å². The molecule has 0 saturated heterocycles. The van der Waals surface area contributed by atoms with Gasteiger partial charge in [-0.25, -0.2) is 0 Å². The van der Waals surface area contributed by atoms with Crippen molar-refractivity contribution in [2.75, 3.05) is 24.7 Å². The van der Waals surface area contributed by atoms with Crippen LogP contribution < -0.4 is 14.4 Å². The third-order valence-electron chi connectivity index (χ3n) is 3.97. The van der Waals surface area contributed by atoms with Crippen molar-refractivity contribution in [3.63, 3.8) is 0 Å². The van der Waals surface area contributed by atoms with E-state index in [0.717, 1.165) is 10.5 Å². The van der Waals surface area contributed by atoms with Crippen LogP contribution in [0.2, 0.25) is 0 Å². The van der Waals surface area contributed by atoms with Crippen molar-refractivity contribution in [2.45, 2.75) is 6.92 Å². The summed E-state index contributed by atoms with van der Waals surface area (Å²) in [6.07, 6.45) is 0. The molecule has 2 aromatic rings. The third-order valence-corrected chi connectivity index (χ3v) is 3.97. The molecule has 0 spiro atoms. The fraction of sp³-hybridized carbons (Fsp3) is 0.211. The first-order valence-electron chi connectivity index (χ1n) is 7.96. The van der Waals surface area contributed by atoms with Gasteiger partial charge in [-0.05, 0) is 36.8 Å². The number of aryl methyl sites for hydroxylation is 1. The Morgan fingerprint density at radius 1 is 1.23 bits per heavy atom. The summed E-state index contributed by atoms with van der Waals surface area (Å²) in [6, 6.07) is 11.9. The number of Topliss-reactive ketones (excluding diaryl/α,β-unsaturated/α-hetero) is 1. The molecule has 1 aliphatic heterocycles. The molecule has 1 aliphatic rings. The second kappa shape index (κ2) is 7.26. The third kappa shape index (κ3) is 3.66. The molecule has 0 aromatic heterocycles. The Morgan fingerprint density at radius 2 is 2.00 bits per heavy atom. The fourth-order valence-corrected chi connectivity index (χ4v) is 2.63. The number of fused-ring (bicyclic) bond motifs is 1. The molecule has 134 valence electrons.